The topological polar surface area (TPSA) is 47.4 Å². The Bertz CT molecular complexity index is 1450. The Kier molecular flexibility index (Phi) is 8.91. The zero-order valence-corrected chi connectivity index (χ0v) is 23.6. The molecular formula is C32H31N3O2S2. The predicted molar refractivity (Wildman–Crippen MR) is 164 cm³/mol. The van der Waals surface area contributed by atoms with E-state index in [4.69, 9.17) is 22.1 Å². The van der Waals surface area contributed by atoms with Crippen LogP contribution in [0.4, 0.5) is 0 Å². The predicted octanol–water partition coefficient (Wildman–Crippen LogP) is 7.90. The maximum Gasteiger partial charge on any atom is 0.266 e. The fourth-order valence-corrected chi connectivity index (χ4v) is 5.71. The van der Waals surface area contributed by atoms with Crippen molar-refractivity contribution in [3.05, 3.63) is 107 Å². The van der Waals surface area contributed by atoms with Gasteiger partial charge in [0.25, 0.3) is 5.91 Å². The summed E-state index contributed by atoms with van der Waals surface area (Å²) in [5.41, 5.74) is 4.67. The number of para-hydroxylation sites is 1. The van der Waals surface area contributed by atoms with Crippen molar-refractivity contribution in [2.45, 2.75) is 39.2 Å². The van der Waals surface area contributed by atoms with Gasteiger partial charge in [-0.2, -0.15) is 5.10 Å². The molecule has 0 aliphatic carbocycles. The molecule has 0 atom stereocenters. The van der Waals surface area contributed by atoms with Gasteiger partial charge in [0.1, 0.15) is 16.7 Å². The first-order chi connectivity index (χ1) is 19.1. The number of unbranched alkanes of at least 4 members (excludes halogenated alkanes) is 3. The molecule has 39 heavy (non-hydrogen) atoms. The molecule has 5 rings (SSSR count). The summed E-state index contributed by atoms with van der Waals surface area (Å²) in [6, 6.07) is 28.0. The van der Waals surface area contributed by atoms with Crippen molar-refractivity contribution < 1.29 is 9.53 Å². The Hall–Kier alpha value is -3.68. The number of amides is 1. The molecular weight excluding hydrogens is 523 g/mol. The number of thiocarbonyl (C=S) groups is 1. The highest BCUT2D eigenvalue weighted by Crippen LogP contribution is 2.35. The first-order valence-electron chi connectivity index (χ1n) is 13.3. The van der Waals surface area contributed by atoms with Crippen molar-refractivity contribution in [2.24, 2.45) is 0 Å². The zero-order valence-electron chi connectivity index (χ0n) is 22.0. The molecule has 1 saturated heterocycles. The van der Waals surface area contributed by atoms with Crippen LogP contribution in [-0.2, 0) is 11.4 Å². The summed E-state index contributed by atoms with van der Waals surface area (Å²) >= 11 is 6.93. The van der Waals surface area contributed by atoms with E-state index in [1.54, 1.807) is 4.90 Å². The van der Waals surface area contributed by atoms with Crippen molar-refractivity contribution in [1.82, 2.24) is 14.7 Å². The van der Waals surface area contributed by atoms with E-state index in [1.807, 2.05) is 102 Å². The van der Waals surface area contributed by atoms with Gasteiger partial charge in [-0.05, 0) is 54.5 Å². The maximum absolute atomic E-state index is 13.2. The van der Waals surface area contributed by atoms with E-state index in [0.29, 0.717) is 22.4 Å². The van der Waals surface area contributed by atoms with Crippen LogP contribution in [0.25, 0.3) is 23.0 Å². The van der Waals surface area contributed by atoms with E-state index < -0.39 is 0 Å². The summed E-state index contributed by atoms with van der Waals surface area (Å²) in [7, 11) is 0. The number of carbonyl (C=O) groups excluding carboxylic acids is 1. The summed E-state index contributed by atoms with van der Waals surface area (Å²) in [5.74, 6) is 0.764. The van der Waals surface area contributed by atoms with Gasteiger partial charge in [0, 0.05) is 23.9 Å². The molecule has 5 nitrogen and oxygen atoms in total. The van der Waals surface area contributed by atoms with E-state index in [2.05, 4.69) is 6.92 Å². The fraction of sp³-hybridized carbons (Fsp3) is 0.219. The lowest BCUT2D eigenvalue weighted by atomic mass is 10.1. The van der Waals surface area contributed by atoms with Crippen LogP contribution in [0.2, 0.25) is 0 Å². The highest BCUT2D eigenvalue weighted by atomic mass is 32.2. The lowest BCUT2D eigenvalue weighted by Crippen LogP contribution is -2.29. The van der Waals surface area contributed by atoms with Gasteiger partial charge in [0.05, 0.1) is 16.3 Å². The molecule has 3 aromatic carbocycles. The van der Waals surface area contributed by atoms with Crippen LogP contribution in [0.3, 0.4) is 0 Å². The molecule has 1 amide bonds. The molecule has 1 aromatic heterocycles. The number of ether oxygens (including phenoxy) is 1. The Labute approximate surface area is 239 Å². The minimum atomic E-state index is -0.0235. The molecule has 7 heteroatoms. The molecule has 0 bridgehead atoms. The number of aromatic nitrogens is 2. The fourth-order valence-electron chi connectivity index (χ4n) is 4.41. The van der Waals surface area contributed by atoms with Gasteiger partial charge in [-0.15, -0.1) is 0 Å². The summed E-state index contributed by atoms with van der Waals surface area (Å²) in [4.78, 5) is 15.6. The standard InChI is InChI=1S/C32H31N3O2S2/c1-2-3-4-11-20-34-31(36)29(39-32(34)38)21-26-22-35(27-14-9-6-10-15-27)33-30(26)25-16-18-28(19-17-25)37-23-24-12-7-5-8-13-24/h5-10,12-19,21-22H,2-4,11,20,23H2,1H3. The minimum Gasteiger partial charge on any atom is -0.489 e. The van der Waals surface area contributed by atoms with E-state index in [1.165, 1.54) is 18.2 Å². The lowest BCUT2D eigenvalue weighted by Gasteiger charge is -2.13. The summed E-state index contributed by atoms with van der Waals surface area (Å²) in [5, 5.41) is 4.91. The number of hydrogen-bond acceptors (Lipinski definition) is 5. The third kappa shape index (κ3) is 6.67. The van der Waals surface area contributed by atoms with Gasteiger partial charge in [-0.1, -0.05) is 98.7 Å². The van der Waals surface area contributed by atoms with Crippen LogP contribution >= 0.6 is 24.0 Å². The average Bonchev–Trinajstić information content (AvgIpc) is 3.51. The number of benzene rings is 3. The number of thioether (sulfide) groups is 1. The first kappa shape index (κ1) is 26.9. The second-order valence-corrected chi connectivity index (χ2v) is 11.1. The van der Waals surface area contributed by atoms with Crippen molar-refractivity contribution in [3.8, 4) is 22.7 Å². The molecule has 4 aromatic rings. The van der Waals surface area contributed by atoms with Crippen LogP contribution in [-0.4, -0.2) is 31.5 Å². The monoisotopic (exact) mass is 553 g/mol. The smallest absolute Gasteiger partial charge is 0.266 e. The lowest BCUT2D eigenvalue weighted by molar-refractivity contribution is -0.122. The SMILES string of the molecule is CCCCCCN1C(=O)C(=Cc2cn(-c3ccccc3)nc2-c2ccc(OCc3ccccc3)cc2)SC1=S. The molecule has 1 fully saturated rings. The number of rotatable bonds is 11. The zero-order chi connectivity index (χ0) is 27.0. The van der Waals surface area contributed by atoms with E-state index in [9.17, 15) is 4.79 Å². The highest BCUT2D eigenvalue weighted by molar-refractivity contribution is 8.26. The van der Waals surface area contributed by atoms with Crippen molar-refractivity contribution in [1.29, 1.82) is 0 Å². The van der Waals surface area contributed by atoms with Gasteiger partial charge in [0.2, 0.25) is 0 Å². The molecule has 2 heterocycles. The average molecular weight is 554 g/mol. The van der Waals surface area contributed by atoms with Crippen LogP contribution in [0.15, 0.2) is 96.0 Å². The molecule has 0 unspecified atom stereocenters. The molecule has 0 saturated carbocycles. The van der Waals surface area contributed by atoms with Crippen molar-refractivity contribution in [2.75, 3.05) is 6.54 Å². The van der Waals surface area contributed by atoms with Crippen LogP contribution in [0, 0.1) is 0 Å². The Balaban J connectivity index is 1.40. The molecule has 0 N–H and O–H groups in total. The van der Waals surface area contributed by atoms with Gasteiger partial charge >= 0.3 is 0 Å². The molecule has 1 aliphatic rings. The van der Waals surface area contributed by atoms with Gasteiger partial charge < -0.3 is 4.74 Å². The normalized spacial score (nSPS) is 14.4. The Morgan fingerprint density at radius 3 is 2.36 bits per heavy atom. The Morgan fingerprint density at radius 2 is 1.64 bits per heavy atom. The van der Waals surface area contributed by atoms with E-state index >= 15 is 0 Å². The second kappa shape index (κ2) is 12.9. The van der Waals surface area contributed by atoms with Crippen molar-refractivity contribution in [3.63, 3.8) is 0 Å². The highest BCUT2D eigenvalue weighted by Gasteiger charge is 2.32. The first-order valence-corrected chi connectivity index (χ1v) is 14.5. The largest absolute Gasteiger partial charge is 0.489 e. The third-order valence-electron chi connectivity index (χ3n) is 6.53. The molecule has 198 valence electrons. The number of hydrogen-bond donors (Lipinski definition) is 0. The summed E-state index contributed by atoms with van der Waals surface area (Å²) < 4.78 is 8.45. The Morgan fingerprint density at radius 1 is 0.923 bits per heavy atom. The van der Waals surface area contributed by atoms with Crippen LogP contribution in [0.1, 0.15) is 43.7 Å². The number of carbonyl (C=O) groups is 1. The summed E-state index contributed by atoms with van der Waals surface area (Å²) in [6.07, 6.45) is 8.29. The quantitative estimate of drug-likeness (QED) is 0.107. The van der Waals surface area contributed by atoms with Crippen LogP contribution < -0.4 is 4.74 Å². The van der Waals surface area contributed by atoms with Crippen molar-refractivity contribution >= 4 is 40.3 Å². The molecule has 1 aliphatic heterocycles. The minimum absolute atomic E-state index is 0.0235. The van der Waals surface area contributed by atoms with E-state index in [0.717, 1.165) is 53.1 Å². The maximum atomic E-state index is 13.2. The summed E-state index contributed by atoms with van der Waals surface area (Å²) in [6.45, 7) is 3.36. The number of nitrogens with zero attached hydrogens (tertiary/aromatic N) is 3. The van der Waals surface area contributed by atoms with Gasteiger partial charge in [-0.3, -0.25) is 9.69 Å². The molecule has 0 radical (unpaired) electrons. The third-order valence-corrected chi connectivity index (χ3v) is 7.91. The molecule has 0 spiro atoms. The van der Waals surface area contributed by atoms with Crippen LogP contribution in [0.5, 0.6) is 5.75 Å². The van der Waals surface area contributed by atoms with Gasteiger partial charge in [-0.25, -0.2) is 4.68 Å². The van der Waals surface area contributed by atoms with E-state index in [-0.39, 0.29) is 5.91 Å². The second-order valence-electron chi connectivity index (χ2n) is 9.41. The van der Waals surface area contributed by atoms with Gasteiger partial charge in [0.15, 0.2) is 0 Å².